The number of thiocarbonyl (C=S) groups is 1. The lowest BCUT2D eigenvalue weighted by atomic mass is 10.4. The molecule has 8 heteroatoms. The molecule has 0 radical (unpaired) electrons. The van der Waals surface area contributed by atoms with E-state index < -0.39 is 0 Å². The third kappa shape index (κ3) is 3.99. The van der Waals surface area contributed by atoms with Gasteiger partial charge in [0.1, 0.15) is 6.54 Å². The standard InChI is InChI=1S/C8H16N4O3S/c1-3-15-5-7-4-11(10-8(16)14-2)12(13)6-9-7/h12H,3-6H2,1-2H3,(H,10,16). The zero-order valence-corrected chi connectivity index (χ0v) is 10.2. The summed E-state index contributed by atoms with van der Waals surface area (Å²) in [5.41, 5.74) is 3.49. The Morgan fingerprint density at radius 2 is 2.50 bits per heavy atom. The van der Waals surface area contributed by atoms with E-state index in [9.17, 15) is 5.21 Å². The molecule has 1 atom stereocenters. The van der Waals surface area contributed by atoms with Crippen molar-refractivity contribution >= 4 is 23.1 Å². The fourth-order valence-corrected chi connectivity index (χ4v) is 1.26. The van der Waals surface area contributed by atoms with Crippen LogP contribution >= 0.6 is 12.2 Å². The van der Waals surface area contributed by atoms with Gasteiger partial charge in [-0.1, -0.05) is 5.12 Å². The van der Waals surface area contributed by atoms with Gasteiger partial charge in [-0.15, -0.1) is 0 Å². The van der Waals surface area contributed by atoms with E-state index in [1.54, 1.807) is 0 Å². The summed E-state index contributed by atoms with van der Waals surface area (Å²) in [5, 5.41) is 12.9. The molecule has 1 heterocycles. The van der Waals surface area contributed by atoms with E-state index in [1.165, 1.54) is 12.2 Å². The van der Waals surface area contributed by atoms with Crippen LogP contribution in [0.15, 0.2) is 4.99 Å². The normalized spacial score (nSPS) is 21.4. The minimum atomic E-state index is -0.139. The number of hydroxylamine groups is 1. The molecule has 0 spiro atoms. The maximum Gasteiger partial charge on any atom is 0.275 e. The van der Waals surface area contributed by atoms with Crippen molar-refractivity contribution in [2.45, 2.75) is 6.92 Å². The number of hydrogen-bond acceptors (Lipinski definition) is 6. The summed E-state index contributed by atoms with van der Waals surface area (Å²) in [6, 6.07) is 0. The van der Waals surface area contributed by atoms with Gasteiger partial charge in [0.2, 0.25) is 0 Å². The second-order valence-electron chi connectivity index (χ2n) is 3.10. The van der Waals surface area contributed by atoms with Gasteiger partial charge >= 0.3 is 0 Å². The van der Waals surface area contributed by atoms with E-state index in [2.05, 4.69) is 10.4 Å². The monoisotopic (exact) mass is 248 g/mol. The lowest BCUT2D eigenvalue weighted by Crippen LogP contribution is -3.16. The number of nitrogens with one attached hydrogen (secondary N) is 2. The number of nitrogens with zero attached hydrogens (tertiary/aromatic N) is 2. The van der Waals surface area contributed by atoms with Crippen molar-refractivity contribution < 1.29 is 14.6 Å². The van der Waals surface area contributed by atoms with Gasteiger partial charge in [-0.3, -0.25) is 5.17 Å². The van der Waals surface area contributed by atoms with Crippen LogP contribution in [0.5, 0.6) is 0 Å². The SMILES string of the molecule is CCOCC1=NC[NH+]([O-])N(NC(=S)OC)C1. The molecule has 0 saturated heterocycles. The molecule has 1 rings (SSSR count). The third-order valence-electron chi connectivity index (χ3n) is 1.96. The molecule has 0 aromatic rings. The predicted octanol–water partition coefficient (Wildman–Crippen LogP) is -1.53. The van der Waals surface area contributed by atoms with Crippen LogP contribution in [0.2, 0.25) is 0 Å². The smallest absolute Gasteiger partial charge is 0.275 e. The molecule has 7 nitrogen and oxygen atoms in total. The van der Waals surface area contributed by atoms with Crippen LogP contribution < -0.4 is 10.6 Å². The second kappa shape index (κ2) is 6.71. The summed E-state index contributed by atoms with van der Waals surface area (Å²) in [6.07, 6.45) is 0. The van der Waals surface area contributed by atoms with Crippen molar-refractivity contribution in [1.82, 2.24) is 10.5 Å². The molecular weight excluding hydrogens is 232 g/mol. The summed E-state index contributed by atoms with van der Waals surface area (Å²) >= 11 is 4.82. The molecule has 92 valence electrons. The van der Waals surface area contributed by atoms with Crippen LogP contribution in [0.25, 0.3) is 0 Å². The van der Waals surface area contributed by atoms with Crippen molar-refractivity contribution in [3.05, 3.63) is 5.21 Å². The van der Waals surface area contributed by atoms with Crippen molar-refractivity contribution in [3.8, 4) is 0 Å². The number of ether oxygens (including phenoxy) is 2. The van der Waals surface area contributed by atoms with Crippen molar-refractivity contribution in [2.24, 2.45) is 4.99 Å². The first-order valence-corrected chi connectivity index (χ1v) is 5.33. The van der Waals surface area contributed by atoms with Gasteiger partial charge in [0, 0.05) is 6.61 Å². The van der Waals surface area contributed by atoms with Crippen LogP contribution in [0.1, 0.15) is 6.92 Å². The van der Waals surface area contributed by atoms with E-state index in [0.717, 1.165) is 5.71 Å². The zero-order chi connectivity index (χ0) is 12.0. The predicted molar refractivity (Wildman–Crippen MR) is 62.6 cm³/mol. The molecular formula is C8H16N4O3S. The van der Waals surface area contributed by atoms with Crippen LogP contribution in [-0.2, 0) is 9.47 Å². The molecule has 0 aromatic heterocycles. The van der Waals surface area contributed by atoms with Gasteiger partial charge in [-0.25, -0.2) is 10.4 Å². The van der Waals surface area contributed by atoms with Crippen molar-refractivity contribution in [2.75, 3.05) is 33.5 Å². The highest BCUT2D eigenvalue weighted by Gasteiger charge is 2.21. The van der Waals surface area contributed by atoms with E-state index in [-0.39, 0.29) is 17.0 Å². The Labute approximate surface area is 99.5 Å². The highest BCUT2D eigenvalue weighted by Crippen LogP contribution is 1.89. The van der Waals surface area contributed by atoms with Crippen LogP contribution in [0.4, 0.5) is 0 Å². The fraction of sp³-hybridized carbons (Fsp3) is 0.750. The van der Waals surface area contributed by atoms with E-state index in [4.69, 9.17) is 21.7 Å². The van der Waals surface area contributed by atoms with Gasteiger partial charge < -0.3 is 14.7 Å². The lowest BCUT2D eigenvalue weighted by Gasteiger charge is -2.35. The van der Waals surface area contributed by atoms with Crippen LogP contribution in [0, 0.1) is 5.21 Å². The molecule has 1 aliphatic heterocycles. The highest BCUT2D eigenvalue weighted by atomic mass is 32.1. The minimum absolute atomic E-state index is 0.113. The number of rotatable bonds is 4. The molecule has 1 unspecified atom stereocenters. The van der Waals surface area contributed by atoms with E-state index >= 15 is 0 Å². The number of hydrazine groups is 1. The van der Waals surface area contributed by atoms with Crippen molar-refractivity contribution in [3.63, 3.8) is 0 Å². The molecule has 16 heavy (non-hydrogen) atoms. The third-order valence-corrected chi connectivity index (χ3v) is 2.22. The Hall–Kier alpha value is -0.800. The fourth-order valence-electron chi connectivity index (χ4n) is 1.15. The second-order valence-corrected chi connectivity index (χ2v) is 3.47. The first-order valence-electron chi connectivity index (χ1n) is 4.92. The molecule has 1 aliphatic rings. The Morgan fingerprint density at radius 1 is 1.75 bits per heavy atom. The topological polar surface area (TPSA) is 73.6 Å². The summed E-state index contributed by atoms with van der Waals surface area (Å²) in [5.74, 6) is 0. The minimum Gasteiger partial charge on any atom is -0.610 e. The quantitative estimate of drug-likeness (QED) is 0.464. The number of methoxy groups -OCH3 is 1. The Morgan fingerprint density at radius 3 is 3.12 bits per heavy atom. The lowest BCUT2D eigenvalue weighted by molar-refractivity contribution is -0.978. The van der Waals surface area contributed by atoms with E-state index in [0.29, 0.717) is 19.8 Å². The maximum atomic E-state index is 11.5. The average Bonchev–Trinajstić information content (AvgIpc) is 2.30. The molecule has 0 aromatic carbocycles. The number of aliphatic imine (C=N–C) groups is 1. The molecule has 0 fully saturated rings. The van der Waals surface area contributed by atoms with Gasteiger partial charge in [0.05, 0.1) is 19.4 Å². The molecule has 0 bridgehead atoms. The molecule has 0 saturated carbocycles. The molecule has 0 aliphatic carbocycles. The van der Waals surface area contributed by atoms with Gasteiger partial charge in [-0.2, -0.15) is 0 Å². The number of hydrogen-bond donors (Lipinski definition) is 2. The van der Waals surface area contributed by atoms with Crippen molar-refractivity contribution in [1.29, 1.82) is 0 Å². The first kappa shape index (κ1) is 13.3. The Kier molecular flexibility index (Phi) is 5.56. The number of quaternary nitrogens is 1. The van der Waals surface area contributed by atoms with Gasteiger partial charge in [0.15, 0.2) is 6.67 Å². The van der Waals surface area contributed by atoms with Gasteiger partial charge in [0.25, 0.3) is 5.17 Å². The Balaban J connectivity index is 2.47. The summed E-state index contributed by atoms with van der Waals surface area (Å²) in [6.45, 7) is 3.44. The van der Waals surface area contributed by atoms with E-state index in [1.807, 2.05) is 6.92 Å². The highest BCUT2D eigenvalue weighted by molar-refractivity contribution is 7.80. The molecule has 0 amide bonds. The van der Waals surface area contributed by atoms with Crippen LogP contribution in [-0.4, -0.2) is 49.5 Å². The maximum absolute atomic E-state index is 11.5. The molecule has 2 N–H and O–H groups in total. The summed E-state index contributed by atoms with van der Waals surface area (Å²) < 4.78 is 10.0. The zero-order valence-electron chi connectivity index (χ0n) is 9.36. The Bertz CT molecular complexity index is 274. The first-order chi connectivity index (χ1) is 7.67. The average molecular weight is 248 g/mol. The summed E-state index contributed by atoms with van der Waals surface area (Å²) in [4.78, 5) is 4.11. The largest absolute Gasteiger partial charge is 0.610 e. The van der Waals surface area contributed by atoms with Crippen LogP contribution in [0.3, 0.4) is 0 Å². The summed E-state index contributed by atoms with van der Waals surface area (Å²) in [7, 11) is 1.44. The van der Waals surface area contributed by atoms with Gasteiger partial charge in [-0.05, 0) is 19.1 Å².